The van der Waals surface area contributed by atoms with Crippen LogP contribution in [0.2, 0.25) is 0 Å². The number of amides is 1. The van der Waals surface area contributed by atoms with Crippen LogP contribution in [0.4, 0.5) is 11.4 Å². The van der Waals surface area contributed by atoms with Crippen LogP contribution in [0.15, 0.2) is 72.8 Å². The van der Waals surface area contributed by atoms with Gasteiger partial charge in [-0.15, -0.1) is 0 Å². The molecule has 0 aliphatic carbocycles. The molecular weight excluding hydrogens is 438 g/mol. The van der Waals surface area contributed by atoms with Crippen molar-refractivity contribution in [2.75, 3.05) is 50.1 Å². The van der Waals surface area contributed by atoms with E-state index in [4.69, 9.17) is 9.72 Å². The van der Waals surface area contributed by atoms with Crippen LogP contribution in [0.25, 0.3) is 11.0 Å². The van der Waals surface area contributed by atoms with Crippen LogP contribution in [-0.4, -0.2) is 60.2 Å². The van der Waals surface area contributed by atoms with E-state index in [0.717, 1.165) is 67.4 Å². The number of anilines is 2. The first-order chi connectivity index (χ1) is 17.1. The molecule has 0 unspecified atom stereocenters. The fourth-order valence-corrected chi connectivity index (χ4v) is 4.62. The number of aromatic nitrogens is 2. The van der Waals surface area contributed by atoms with Gasteiger partial charge in [0.05, 0.1) is 18.1 Å². The maximum atomic E-state index is 12.6. The van der Waals surface area contributed by atoms with E-state index < -0.39 is 0 Å². The molecule has 7 nitrogen and oxygen atoms in total. The molecular formula is C28H31N5O2. The molecule has 1 amide bonds. The maximum Gasteiger partial charge on any atom is 0.255 e. The number of piperazine rings is 1. The lowest BCUT2D eigenvalue weighted by Gasteiger charge is -2.36. The molecule has 1 aliphatic rings. The SMILES string of the molecule is COc1ccc(C(=O)Nc2ccc3c(c2)nc(CCN2CCN(c4ccccc4)CC2)n3C)cc1. The number of carbonyl (C=O) groups is 1. The summed E-state index contributed by atoms with van der Waals surface area (Å²) in [4.78, 5) is 22.5. The molecule has 1 N–H and O–H groups in total. The summed E-state index contributed by atoms with van der Waals surface area (Å²) in [6.45, 7) is 5.19. The Bertz CT molecular complexity index is 1290. The Morgan fingerprint density at radius 2 is 1.71 bits per heavy atom. The summed E-state index contributed by atoms with van der Waals surface area (Å²) in [5.41, 5.74) is 4.58. The van der Waals surface area contributed by atoms with E-state index in [1.165, 1.54) is 5.69 Å². The van der Waals surface area contributed by atoms with Gasteiger partial charge in [-0.3, -0.25) is 9.69 Å². The van der Waals surface area contributed by atoms with E-state index in [1.807, 2.05) is 18.2 Å². The van der Waals surface area contributed by atoms with Crippen LogP contribution in [0.3, 0.4) is 0 Å². The van der Waals surface area contributed by atoms with Gasteiger partial charge in [-0.05, 0) is 54.6 Å². The predicted octanol–water partition coefficient (Wildman–Crippen LogP) is 4.20. The number of hydrogen-bond donors (Lipinski definition) is 1. The molecule has 0 radical (unpaired) electrons. The molecule has 35 heavy (non-hydrogen) atoms. The summed E-state index contributed by atoms with van der Waals surface area (Å²) in [7, 11) is 3.67. The minimum atomic E-state index is -0.155. The Hall–Kier alpha value is -3.84. The fraction of sp³-hybridized carbons (Fsp3) is 0.286. The molecule has 2 heterocycles. The van der Waals surface area contributed by atoms with Gasteiger partial charge in [0.25, 0.3) is 5.91 Å². The number of rotatable bonds is 7. The maximum absolute atomic E-state index is 12.6. The molecule has 1 aromatic heterocycles. The molecule has 0 bridgehead atoms. The molecule has 1 fully saturated rings. The topological polar surface area (TPSA) is 62.6 Å². The molecule has 1 aliphatic heterocycles. The number of nitrogens with zero attached hydrogens (tertiary/aromatic N) is 4. The van der Waals surface area contributed by atoms with Crippen LogP contribution >= 0.6 is 0 Å². The summed E-state index contributed by atoms with van der Waals surface area (Å²) in [5.74, 6) is 1.63. The Balaban J connectivity index is 1.20. The lowest BCUT2D eigenvalue weighted by atomic mass is 10.2. The van der Waals surface area contributed by atoms with E-state index in [-0.39, 0.29) is 5.91 Å². The van der Waals surface area contributed by atoms with Crippen molar-refractivity contribution in [3.05, 3.63) is 84.2 Å². The van der Waals surface area contributed by atoms with E-state index in [0.29, 0.717) is 5.56 Å². The fourth-order valence-electron chi connectivity index (χ4n) is 4.62. The quantitative estimate of drug-likeness (QED) is 0.440. The van der Waals surface area contributed by atoms with Crippen LogP contribution < -0.4 is 15.0 Å². The monoisotopic (exact) mass is 469 g/mol. The van der Waals surface area contributed by atoms with Gasteiger partial charge in [0.1, 0.15) is 11.6 Å². The van der Waals surface area contributed by atoms with Crippen LogP contribution in [0.1, 0.15) is 16.2 Å². The molecule has 180 valence electrons. The molecule has 0 atom stereocenters. The molecule has 7 heteroatoms. The number of benzene rings is 3. The molecule has 0 saturated carbocycles. The van der Waals surface area contributed by atoms with Crippen molar-refractivity contribution in [3.63, 3.8) is 0 Å². The van der Waals surface area contributed by atoms with Crippen molar-refractivity contribution in [3.8, 4) is 5.75 Å². The summed E-state index contributed by atoms with van der Waals surface area (Å²) in [6, 6.07) is 23.6. The van der Waals surface area contributed by atoms with Gasteiger partial charge in [0.15, 0.2) is 0 Å². The van der Waals surface area contributed by atoms with Crippen LogP contribution in [0, 0.1) is 0 Å². The van der Waals surface area contributed by atoms with E-state index in [1.54, 1.807) is 31.4 Å². The Morgan fingerprint density at radius 1 is 0.971 bits per heavy atom. The zero-order valence-electron chi connectivity index (χ0n) is 20.3. The first-order valence-corrected chi connectivity index (χ1v) is 12.0. The Morgan fingerprint density at radius 3 is 2.43 bits per heavy atom. The summed E-state index contributed by atoms with van der Waals surface area (Å²) in [5, 5.41) is 2.98. The second kappa shape index (κ2) is 10.2. The van der Waals surface area contributed by atoms with Crippen molar-refractivity contribution >= 4 is 28.3 Å². The highest BCUT2D eigenvalue weighted by Crippen LogP contribution is 2.22. The number of imidazole rings is 1. The zero-order valence-corrected chi connectivity index (χ0v) is 20.3. The van der Waals surface area contributed by atoms with Gasteiger partial charge in [0.2, 0.25) is 0 Å². The summed E-state index contributed by atoms with van der Waals surface area (Å²) in [6.07, 6.45) is 0.893. The first-order valence-electron chi connectivity index (χ1n) is 12.0. The van der Waals surface area contributed by atoms with E-state index in [9.17, 15) is 4.79 Å². The highest BCUT2D eigenvalue weighted by atomic mass is 16.5. The molecule has 4 aromatic rings. The third-order valence-electron chi connectivity index (χ3n) is 6.73. The number of hydrogen-bond acceptors (Lipinski definition) is 5. The van der Waals surface area contributed by atoms with Gasteiger partial charge in [-0.1, -0.05) is 18.2 Å². The highest BCUT2D eigenvalue weighted by molar-refractivity contribution is 6.05. The van der Waals surface area contributed by atoms with Crippen LogP contribution in [-0.2, 0) is 13.5 Å². The van der Waals surface area contributed by atoms with Gasteiger partial charge < -0.3 is 19.5 Å². The molecule has 5 rings (SSSR count). The third-order valence-corrected chi connectivity index (χ3v) is 6.73. The number of aryl methyl sites for hydroxylation is 1. The number of para-hydroxylation sites is 1. The Labute approximate surface area is 205 Å². The standard InChI is InChI=1S/C28H31N5O2/c1-31-26-13-10-22(29-28(34)21-8-11-24(35-2)12-9-21)20-25(26)30-27(31)14-15-32-16-18-33(19-17-32)23-6-4-3-5-7-23/h3-13,20H,14-19H2,1-2H3,(H,29,34). The number of methoxy groups -OCH3 is 1. The van der Waals surface area contributed by atoms with Gasteiger partial charge in [0, 0.05) is 63.1 Å². The average Bonchev–Trinajstić information content (AvgIpc) is 3.22. The number of nitrogens with one attached hydrogen (secondary N) is 1. The number of carbonyl (C=O) groups excluding carboxylic acids is 1. The van der Waals surface area contributed by atoms with Crippen molar-refractivity contribution in [1.29, 1.82) is 0 Å². The lowest BCUT2D eigenvalue weighted by Crippen LogP contribution is -2.47. The minimum Gasteiger partial charge on any atom is -0.497 e. The molecule has 3 aromatic carbocycles. The lowest BCUT2D eigenvalue weighted by molar-refractivity contribution is 0.102. The van der Waals surface area contributed by atoms with E-state index in [2.05, 4.69) is 57.1 Å². The zero-order chi connectivity index (χ0) is 24.2. The normalized spacial score (nSPS) is 14.3. The average molecular weight is 470 g/mol. The number of ether oxygens (including phenoxy) is 1. The second-order valence-corrected chi connectivity index (χ2v) is 8.89. The smallest absolute Gasteiger partial charge is 0.255 e. The largest absolute Gasteiger partial charge is 0.497 e. The number of fused-ring (bicyclic) bond motifs is 1. The summed E-state index contributed by atoms with van der Waals surface area (Å²) < 4.78 is 7.32. The van der Waals surface area contributed by atoms with Gasteiger partial charge in [-0.25, -0.2) is 4.98 Å². The molecule has 1 saturated heterocycles. The second-order valence-electron chi connectivity index (χ2n) is 8.89. The Kier molecular flexibility index (Phi) is 6.68. The van der Waals surface area contributed by atoms with E-state index >= 15 is 0 Å². The minimum absolute atomic E-state index is 0.155. The van der Waals surface area contributed by atoms with Gasteiger partial charge >= 0.3 is 0 Å². The van der Waals surface area contributed by atoms with Crippen molar-refractivity contribution in [1.82, 2.24) is 14.5 Å². The third kappa shape index (κ3) is 5.15. The van der Waals surface area contributed by atoms with Crippen molar-refractivity contribution < 1.29 is 9.53 Å². The summed E-state index contributed by atoms with van der Waals surface area (Å²) >= 11 is 0. The predicted molar refractivity (Wildman–Crippen MR) is 140 cm³/mol. The first kappa shape index (κ1) is 22.9. The van der Waals surface area contributed by atoms with Crippen molar-refractivity contribution in [2.24, 2.45) is 7.05 Å². The van der Waals surface area contributed by atoms with Crippen LogP contribution in [0.5, 0.6) is 5.75 Å². The molecule has 0 spiro atoms. The highest BCUT2D eigenvalue weighted by Gasteiger charge is 2.18. The van der Waals surface area contributed by atoms with Crippen molar-refractivity contribution in [2.45, 2.75) is 6.42 Å². The van der Waals surface area contributed by atoms with Gasteiger partial charge in [-0.2, -0.15) is 0 Å².